The summed E-state index contributed by atoms with van der Waals surface area (Å²) in [6.07, 6.45) is 1.18. The molecule has 0 aliphatic carbocycles. The van der Waals surface area contributed by atoms with Crippen molar-refractivity contribution in [1.29, 1.82) is 0 Å². The lowest BCUT2D eigenvalue weighted by atomic mass is 10.4. The topological polar surface area (TPSA) is 105 Å². The van der Waals surface area contributed by atoms with Crippen molar-refractivity contribution in [3.05, 3.63) is 0 Å². The van der Waals surface area contributed by atoms with Crippen LogP contribution in [0.15, 0.2) is 0 Å². The summed E-state index contributed by atoms with van der Waals surface area (Å²) in [5.41, 5.74) is 0. The van der Waals surface area contributed by atoms with E-state index in [1.165, 1.54) is 0 Å². The predicted molar refractivity (Wildman–Crippen MR) is 83.9 cm³/mol. The number of carbonyl (C=O) groups excluding carboxylic acids is 1. The van der Waals surface area contributed by atoms with Crippen molar-refractivity contribution >= 4 is 32.3 Å². The Bertz CT molecular complexity index is 307. The first kappa shape index (κ1) is 20.4. The molecule has 122 valence electrons. The summed E-state index contributed by atoms with van der Waals surface area (Å²) < 4.78 is 16.0. The van der Waals surface area contributed by atoms with Gasteiger partial charge < -0.3 is 24.4 Å². The number of ether oxygens (including phenoxy) is 1. The number of carboxylic acids is 1. The Morgan fingerprint density at radius 2 is 2.00 bits per heavy atom. The standard InChI is InChI=1S/C12H24N2O5SSi/c15-11-21(18)9-6-19-10-14-4-1-3-13-5-8-20-7-2-12(16)17/h11,13-14H,1-10H2,(H,16,17). The number of hydrogen-bond donors (Lipinski definition) is 3. The largest absolute Gasteiger partial charge is 0.481 e. The molecule has 0 fully saturated rings. The first-order valence-corrected chi connectivity index (χ1v) is 9.78. The monoisotopic (exact) mass is 336 g/mol. The second-order valence-corrected chi connectivity index (χ2v) is 7.14. The minimum Gasteiger partial charge on any atom is -0.481 e. The van der Waals surface area contributed by atoms with Crippen LogP contribution in [0.1, 0.15) is 12.8 Å². The van der Waals surface area contributed by atoms with Crippen molar-refractivity contribution in [3.8, 4) is 0 Å². The third-order valence-electron chi connectivity index (χ3n) is 2.42. The van der Waals surface area contributed by atoms with Gasteiger partial charge in [0.25, 0.3) is 0 Å². The molecule has 0 heterocycles. The smallest absolute Gasteiger partial charge is 0.348 e. The summed E-state index contributed by atoms with van der Waals surface area (Å²) in [7, 11) is -2.08. The van der Waals surface area contributed by atoms with Gasteiger partial charge in [0.1, 0.15) is 0 Å². The molecule has 0 aromatic heterocycles. The highest BCUT2D eigenvalue weighted by molar-refractivity contribution is 7.99. The molecule has 21 heavy (non-hydrogen) atoms. The molecular weight excluding hydrogens is 312 g/mol. The van der Waals surface area contributed by atoms with Gasteiger partial charge in [-0.25, -0.2) is 0 Å². The van der Waals surface area contributed by atoms with Crippen LogP contribution in [-0.2, 0) is 18.8 Å². The number of nitrogens with one attached hydrogen (secondary N) is 2. The van der Waals surface area contributed by atoms with E-state index in [0.717, 1.165) is 31.8 Å². The van der Waals surface area contributed by atoms with Crippen LogP contribution in [-0.4, -0.2) is 70.1 Å². The maximum absolute atomic E-state index is 10.8. The van der Waals surface area contributed by atoms with E-state index in [0.29, 0.717) is 31.0 Å². The Balaban J connectivity index is 3.04. The molecule has 0 bridgehead atoms. The van der Waals surface area contributed by atoms with Crippen LogP contribution in [0.4, 0.5) is 0 Å². The van der Waals surface area contributed by atoms with Crippen LogP contribution >= 0.6 is 11.8 Å². The zero-order valence-electron chi connectivity index (χ0n) is 12.1. The second kappa shape index (κ2) is 15.8. The Morgan fingerprint density at radius 3 is 2.71 bits per heavy atom. The van der Waals surface area contributed by atoms with Gasteiger partial charge in [-0.2, -0.15) is 11.8 Å². The number of aliphatic carboxylic acids is 1. The second-order valence-electron chi connectivity index (χ2n) is 4.25. The minimum absolute atomic E-state index is 0.219. The van der Waals surface area contributed by atoms with Gasteiger partial charge >= 0.3 is 14.7 Å². The lowest BCUT2D eigenvalue weighted by Crippen LogP contribution is -2.25. The van der Waals surface area contributed by atoms with E-state index in [9.17, 15) is 14.1 Å². The zero-order valence-corrected chi connectivity index (χ0v) is 14.0. The van der Waals surface area contributed by atoms with Gasteiger partial charge in [0, 0.05) is 24.1 Å². The number of carboxylic acid groups (broad SMARTS) is 1. The van der Waals surface area contributed by atoms with E-state index in [2.05, 4.69) is 10.6 Å². The summed E-state index contributed by atoms with van der Waals surface area (Å²) >= 11 is 1.64. The molecule has 0 aliphatic heterocycles. The van der Waals surface area contributed by atoms with Crippen molar-refractivity contribution in [2.75, 3.05) is 44.5 Å². The average Bonchev–Trinajstić information content (AvgIpc) is 2.46. The van der Waals surface area contributed by atoms with E-state index >= 15 is 0 Å². The number of carbonyl (C=O) groups is 2. The highest BCUT2D eigenvalue weighted by Gasteiger charge is 2.01. The van der Waals surface area contributed by atoms with Crippen molar-refractivity contribution in [1.82, 2.24) is 10.6 Å². The molecule has 0 saturated carbocycles. The molecule has 0 atom stereocenters. The van der Waals surface area contributed by atoms with Gasteiger partial charge in [0.05, 0.1) is 19.8 Å². The van der Waals surface area contributed by atoms with Gasteiger partial charge in [0.2, 0.25) is 0 Å². The molecule has 0 amide bonds. The summed E-state index contributed by atoms with van der Waals surface area (Å²) in [4.78, 5) is 20.4. The number of hydrogen-bond acceptors (Lipinski definition) is 7. The van der Waals surface area contributed by atoms with Crippen molar-refractivity contribution in [2.45, 2.75) is 18.9 Å². The molecule has 9 heteroatoms. The molecule has 7 nitrogen and oxygen atoms in total. The number of rotatable bonds is 16. The van der Waals surface area contributed by atoms with Gasteiger partial charge in [0.15, 0.2) is 5.91 Å². The first-order chi connectivity index (χ1) is 10.2. The quantitative estimate of drug-likeness (QED) is 0.156. The van der Waals surface area contributed by atoms with Crippen LogP contribution in [0.5, 0.6) is 0 Å². The highest BCUT2D eigenvalue weighted by atomic mass is 32.2. The van der Waals surface area contributed by atoms with Crippen LogP contribution in [0, 0.1) is 0 Å². The van der Waals surface area contributed by atoms with Crippen molar-refractivity contribution in [2.24, 2.45) is 0 Å². The summed E-state index contributed by atoms with van der Waals surface area (Å²) in [6.45, 7) is 3.34. The van der Waals surface area contributed by atoms with Gasteiger partial charge in [-0.1, -0.05) is 0 Å². The molecule has 0 radical (unpaired) electrons. The summed E-state index contributed by atoms with van der Waals surface area (Å²) in [5.74, 6) is 1.32. The molecule has 0 saturated heterocycles. The predicted octanol–water partition coefficient (Wildman–Crippen LogP) is -0.0684. The Morgan fingerprint density at radius 1 is 1.24 bits per heavy atom. The average molecular weight is 336 g/mol. The third-order valence-corrected chi connectivity index (χ3v) is 4.36. The molecule has 3 N–H and O–H groups in total. The molecule has 0 rings (SSSR count). The summed E-state index contributed by atoms with van der Waals surface area (Å²) in [6, 6.07) is 0.316. The zero-order chi connectivity index (χ0) is 15.8. The third kappa shape index (κ3) is 17.3. The molecule has 0 unspecified atom stereocenters. The van der Waals surface area contributed by atoms with Crippen LogP contribution in [0.25, 0.3) is 0 Å². The molecule has 0 spiro atoms. The highest BCUT2D eigenvalue weighted by Crippen LogP contribution is 2.00. The van der Waals surface area contributed by atoms with Crippen LogP contribution < -0.4 is 10.6 Å². The van der Waals surface area contributed by atoms with Crippen molar-refractivity contribution < 1.29 is 23.9 Å². The molecular formula is C12H24N2O5SSi. The van der Waals surface area contributed by atoms with E-state index in [1.54, 1.807) is 11.8 Å². The first-order valence-electron chi connectivity index (χ1n) is 6.93. The van der Waals surface area contributed by atoms with E-state index in [-0.39, 0.29) is 6.42 Å². The van der Waals surface area contributed by atoms with Gasteiger partial charge in [-0.15, -0.1) is 0 Å². The maximum atomic E-state index is 10.8. The lowest BCUT2D eigenvalue weighted by Gasteiger charge is -2.06. The van der Waals surface area contributed by atoms with Gasteiger partial charge in [-0.05, 0) is 19.5 Å². The maximum Gasteiger partial charge on any atom is 0.348 e. The molecule has 0 aliphatic rings. The normalized spacial score (nSPS) is 10.5. The van der Waals surface area contributed by atoms with E-state index in [4.69, 9.17) is 9.84 Å². The molecule has 0 aromatic rings. The fourth-order valence-electron chi connectivity index (χ4n) is 1.32. The summed E-state index contributed by atoms with van der Waals surface area (Å²) in [5, 5.41) is 14.8. The van der Waals surface area contributed by atoms with Gasteiger partial charge in [-0.3, -0.25) is 10.1 Å². The van der Waals surface area contributed by atoms with Crippen LogP contribution in [0.2, 0.25) is 6.04 Å². The van der Waals surface area contributed by atoms with Crippen LogP contribution in [0.3, 0.4) is 0 Å². The van der Waals surface area contributed by atoms with E-state index < -0.39 is 14.7 Å². The molecule has 0 aromatic carbocycles. The lowest BCUT2D eigenvalue weighted by molar-refractivity contribution is -0.136. The van der Waals surface area contributed by atoms with E-state index in [1.807, 2.05) is 0 Å². The SMILES string of the molecule is O=C[Si](=O)CCOCNCCCNCCSCCC(=O)O. The fraction of sp³-hybridized carbons (Fsp3) is 0.833. The minimum atomic E-state index is -2.08. The number of thioether (sulfide) groups is 1. The Labute approximate surface area is 130 Å². The Hall–Kier alpha value is -0.613. The fourth-order valence-corrected chi connectivity index (χ4v) is 2.59. The van der Waals surface area contributed by atoms with Crippen molar-refractivity contribution in [3.63, 3.8) is 0 Å². The Kier molecular flexibility index (Phi) is 15.3.